The van der Waals surface area contributed by atoms with Crippen LogP contribution in [-0.2, 0) is 15.4 Å². The van der Waals surface area contributed by atoms with Crippen molar-refractivity contribution in [3.63, 3.8) is 0 Å². The summed E-state index contributed by atoms with van der Waals surface area (Å²) >= 11 is 0. The van der Waals surface area contributed by atoms with Crippen LogP contribution in [0.5, 0.6) is 0 Å². The van der Waals surface area contributed by atoms with E-state index in [2.05, 4.69) is 20.8 Å². The van der Waals surface area contributed by atoms with Crippen LogP contribution in [0.2, 0.25) is 0 Å². The van der Waals surface area contributed by atoms with Gasteiger partial charge in [-0.1, -0.05) is 51.1 Å². The number of halogens is 1. The molecule has 0 saturated heterocycles. The van der Waals surface area contributed by atoms with E-state index < -0.39 is 10.0 Å². The summed E-state index contributed by atoms with van der Waals surface area (Å²) < 4.78 is 40.3. The molecule has 138 valence electrons. The van der Waals surface area contributed by atoms with Gasteiger partial charge in [0.15, 0.2) is 0 Å². The molecule has 5 heteroatoms. The average molecular weight is 373 g/mol. The average Bonchev–Trinajstić information content (AvgIpc) is 2.62. The van der Waals surface area contributed by atoms with Crippen molar-refractivity contribution < 1.29 is 12.8 Å². The van der Waals surface area contributed by atoms with E-state index in [9.17, 15) is 12.8 Å². The van der Waals surface area contributed by atoms with Gasteiger partial charge in [0.2, 0.25) is 10.0 Å². The predicted octanol–water partition coefficient (Wildman–Crippen LogP) is 4.60. The molecule has 3 nitrogen and oxygen atoms in total. The van der Waals surface area contributed by atoms with E-state index in [1.54, 1.807) is 24.3 Å². The van der Waals surface area contributed by atoms with E-state index in [-0.39, 0.29) is 11.2 Å². The van der Waals surface area contributed by atoms with Crippen LogP contribution in [0.15, 0.2) is 59.5 Å². The van der Waals surface area contributed by atoms with E-state index in [1.807, 2.05) is 18.2 Å². The molecule has 0 aliphatic carbocycles. The van der Waals surface area contributed by atoms with Gasteiger partial charge in [-0.05, 0) is 52.8 Å². The summed E-state index contributed by atoms with van der Waals surface area (Å²) in [6.07, 6.45) is 2.53. The normalized spacial score (nSPS) is 16.4. The highest BCUT2D eigenvalue weighted by Crippen LogP contribution is 2.28. The molecule has 0 spiro atoms. The Bertz CT molecular complexity index is 908. The highest BCUT2D eigenvalue weighted by atomic mass is 32.2. The molecule has 2 aromatic carbocycles. The quantitative estimate of drug-likeness (QED) is 0.788. The molecule has 0 unspecified atom stereocenters. The van der Waals surface area contributed by atoms with Gasteiger partial charge in [-0.3, -0.25) is 0 Å². The third-order valence-corrected chi connectivity index (χ3v) is 6.62. The second-order valence-electron chi connectivity index (χ2n) is 7.62. The van der Waals surface area contributed by atoms with E-state index in [4.69, 9.17) is 0 Å². The van der Waals surface area contributed by atoms with Gasteiger partial charge in [0.1, 0.15) is 5.82 Å². The fourth-order valence-electron chi connectivity index (χ4n) is 3.07. The smallest absolute Gasteiger partial charge is 0.207 e. The third-order valence-electron chi connectivity index (χ3n) is 4.74. The van der Waals surface area contributed by atoms with Crippen LogP contribution in [0.3, 0.4) is 0 Å². The second-order valence-corrected chi connectivity index (χ2v) is 9.56. The van der Waals surface area contributed by atoms with Crippen molar-refractivity contribution in [2.24, 2.45) is 0 Å². The zero-order chi connectivity index (χ0) is 18.9. The maximum Gasteiger partial charge on any atom is 0.243 e. The second kappa shape index (κ2) is 6.97. The minimum Gasteiger partial charge on any atom is -0.207 e. The Morgan fingerprint density at radius 3 is 2.08 bits per heavy atom. The minimum absolute atomic E-state index is 0.0137. The van der Waals surface area contributed by atoms with Gasteiger partial charge in [0, 0.05) is 13.1 Å². The summed E-state index contributed by atoms with van der Waals surface area (Å²) in [5.74, 6) is -0.270. The van der Waals surface area contributed by atoms with Crippen molar-refractivity contribution in [2.75, 3.05) is 13.1 Å². The fraction of sp³-hybridized carbons (Fsp3) is 0.333. The molecule has 0 bridgehead atoms. The van der Waals surface area contributed by atoms with Crippen LogP contribution in [0.25, 0.3) is 5.57 Å². The molecule has 0 N–H and O–H groups in total. The molecule has 0 atom stereocenters. The summed E-state index contributed by atoms with van der Waals surface area (Å²) in [6, 6.07) is 13.5. The van der Waals surface area contributed by atoms with Crippen LogP contribution < -0.4 is 0 Å². The zero-order valence-electron chi connectivity index (χ0n) is 15.4. The Morgan fingerprint density at radius 2 is 1.58 bits per heavy atom. The highest BCUT2D eigenvalue weighted by molar-refractivity contribution is 7.89. The van der Waals surface area contributed by atoms with E-state index in [0.29, 0.717) is 24.4 Å². The summed E-state index contributed by atoms with van der Waals surface area (Å²) in [4.78, 5) is 0.323. The Morgan fingerprint density at radius 1 is 0.962 bits per heavy atom. The molecule has 1 aliphatic heterocycles. The maximum absolute atomic E-state index is 13.1. The zero-order valence-corrected chi connectivity index (χ0v) is 16.2. The molecular formula is C21H24FNO2S. The Labute approximate surface area is 155 Å². The Balaban J connectivity index is 1.78. The standard InChI is InChI=1S/C21H24FNO2S/c1-21(2,3)18-6-10-20(11-7-18)26(24,25)23-14-12-17(13-15-23)16-4-8-19(22)9-5-16/h4-12H,13-15H2,1-3H3. The van der Waals surface area contributed by atoms with Crippen molar-refractivity contribution in [3.8, 4) is 0 Å². The van der Waals surface area contributed by atoms with Gasteiger partial charge < -0.3 is 0 Å². The first-order valence-corrected chi connectivity index (χ1v) is 10.2. The van der Waals surface area contributed by atoms with E-state index >= 15 is 0 Å². The first-order chi connectivity index (χ1) is 12.2. The van der Waals surface area contributed by atoms with Gasteiger partial charge in [0.25, 0.3) is 0 Å². The summed E-state index contributed by atoms with van der Waals surface area (Å²) in [7, 11) is -3.51. The minimum atomic E-state index is -3.51. The Kier molecular flexibility index (Phi) is 5.04. The molecule has 0 radical (unpaired) electrons. The number of rotatable bonds is 3. The van der Waals surface area contributed by atoms with Gasteiger partial charge in [-0.25, -0.2) is 12.8 Å². The lowest BCUT2D eigenvalue weighted by Crippen LogP contribution is -2.34. The number of nitrogens with zero attached hydrogens (tertiary/aromatic N) is 1. The number of benzene rings is 2. The number of hydrogen-bond acceptors (Lipinski definition) is 2. The maximum atomic E-state index is 13.1. The van der Waals surface area contributed by atoms with Crippen molar-refractivity contribution in [2.45, 2.75) is 37.5 Å². The third kappa shape index (κ3) is 3.89. The monoisotopic (exact) mass is 373 g/mol. The van der Waals surface area contributed by atoms with Crippen molar-refractivity contribution in [1.29, 1.82) is 0 Å². The van der Waals surface area contributed by atoms with Crippen LogP contribution in [0.4, 0.5) is 4.39 Å². The van der Waals surface area contributed by atoms with Gasteiger partial charge >= 0.3 is 0 Å². The number of sulfonamides is 1. The van der Waals surface area contributed by atoms with E-state index in [1.165, 1.54) is 16.4 Å². The molecule has 0 saturated carbocycles. The van der Waals surface area contributed by atoms with Crippen molar-refractivity contribution >= 4 is 15.6 Å². The molecule has 2 aromatic rings. The molecule has 26 heavy (non-hydrogen) atoms. The predicted molar refractivity (Wildman–Crippen MR) is 103 cm³/mol. The molecule has 3 rings (SSSR count). The molecule has 0 amide bonds. The lowest BCUT2D eigenvalue weighted by molar-refractivity contribution is 0.441. The summed E-state index contributed by atoms with van der Waals surface area (Å²) in [6.45, 7) is 7.05. The van der Waals surface area contributed by atoms with Gasteiger partial charge in [0.05, 0.1) is 4.90 Å². The first kappa shape index (κ1) is 18.8. The van der Waals surface area contributed by atoms with Crippen LogP contribution >= 0.6 is 0 Å². The molecule has 1 heterocycles. The van der Waals surface area contributed by atoms with Crippen LogP contribution in [0, 0.1) is 5.82 Å². The summed E-state index contributed by atoms with van der Waals surface area (Å²) in [5.41, 5.74) is 3.09. The van der Waals surface area contributed by atoms with Crippen LogP contribution in [-0.4, -0.2) is 25.8 Å². The molecule has 1 aliphatic rings. The van der Waals surface area contributed by atoms with Gasteiger partial charge in [-0.2, -0.15) is 4.31 Å². The number of hydrogen-bond donors (Lipinski definition) is 0. The molecule has 0 aromatic heterocycles. The van der Waals surface area contributed by atoms with E-state index in [0.717, 1.165) is 16.7 Å². The molecule has 0 fully saturated rings. The molecular weight excluding hydrogens is 349 g/mol. The highest BCUT2D eigenvalue weighted by Gasteiger charge is 2.26. The van der Waals surface area contributed by atoms with Gasteiger partial charge in [-0.15, -0.1) is 0 Å². The van der Waals surface area contributed by atoms with Crippen LogP contribution in [0.1, 0.15) is 38.3 Å². The lowest BCUT2D eigenvalue weighted by atomic mass is 9.87. The topological polar surface area (TPSA) is 37.4 Å². The first-order valence-electron chi connectivity index (χ1n) is 8.73. The van der Waals surface area contributed by atoms with Crippen molar-refractivity contribution in [3.05, 3.63) is 71.6 Å². The SMILES string of the molecule is CC(C)(C)c1ccc(S(=O)(=O)N2CC=C(c3ccc(F)cc3)CC2)cc1. The largest absolute Gasteiger partial charge is 0.243 e. The fourth-order valence-corrected chi connectivity index (χ4v) is 4.45. The Hall–Kier alpha value is -1.98. The summed E-state index contributed by atoms with van der Waals surface area (Å²) in [5, 5.41) is 0. The lowest BCUT2D eigenvalue weighted by Gasteiger charge is -2.26. The van der Waals surface area contributed by atoms with Crippen molar-refractivity contribution in [1.82, 2.24) is 4.31 Å².